The molecule has 24 heavy (non-hydrogen) atoms. The fourth-order valence-corrected chi connectivity index (χ4v) is 3.53. The molecule has 1 nitrogen and oxygen atoms in total. The maximum absolute atomic E-state index is 2.30. The number of hydrogen-bond acceptors (Lipinski definition) is 0. The fourth-order valence-electron chi connectivity index (χ4n) is 3.53. The van der Waals surface area contributed by atoms with Gasteiger partial charge in [-0.25, -0.2) is 0 Å². The van der Waals surface area contributed by atoms with Crippen LogP contribution >= 0.6 is 0 Å². The monoisotopic (exact) mass is 318 g/mol. The van der Waals surface area contributed by atoms with E-state index < -0.39 is 0 Å². The van der Waals surface area contributed by atoms with Crippen molar-refractivity contribution in [3.63, 3.8) is 0 Å². The topological polar surface area (TPSA) is 0 Å². The highest BCUT2D eigenvalue weighted by Gasteiger charge is 2.22. The molecule has 0 fully saturated rings. The zero-order chi connectivity index (χ0) is 17.2. The summed E-state index contributed by atoms with van der Waals surface area (Å²) in [5, 5.41) is 2.66. The first kappa shape index (κ1) is 16.7. The number of nitrogens with zero attached hydrogens (tertiary/aromatic N) is 1. The van der Waals surface area contributed by atoms with Crippen LogP contribution in [0.2, 0.25) is 0 Å². The van der Waals surface area contributed by atoms with E-state index in [9.17, 15) is 0 Å². The van der Waals surface area contributed by atoms with Crippen molar-refractivity contribution in [3.05, 3.63) is 77.9 Å². The lowest BCUT2D eigenvalue weighted by molar-refractivity contribution is 0.395. The Morgan fingerprint density at radius 2 is 1.38 bits per heavy atom. The van der Waals surface area contributed by atoms with Gasteiger partial charge >= 0.3 is 0 Å². The van der Waals surface area contributed by atoms with Crippen LogP contribution in [0.1, 0.15) is 25.0 Å². The van der Waals surface area contributed by atoms with Crippen molar-refractivity contribution in [1.29, 1.82) is 0 Å². The summed E-state index contributed by atoms with van der Waals surface area (Å²) in [6, 6.07) is 24.5. The third kappa shape index (κ3) is 3.68. The molecule has 3 aromatic carbocycles. The average molecular weight is 318 g/mol. The first-order chi connectivity index (χ1) is 11.5. The Morgan fingerprint density at radius 3 is 2.08 bits per heavy atom. The van der Waals surface area contributed by atoms with Crippen molar-refractivity contribution in [2.75, 3.05) is 14.1 Å². The zero-order valence-electron chi connectivity index (χ0n) is 15.3. The van der Waals surface area contributed by atoms with E-state index in [2.05, 4.69) is 94.7 Å². The minimum Gasteiger partial charge on any atom is -0.292 e. The van der Waals surface area contributed by atoms with Crippen molar-refractivity contribution in [2.24, 2.45) is 5.92 Å². The Bertz CT molecular complexity index is 808. The van der Waals surface area contributed by atoms with Crippen LogP contribution in [0.25, 0.3) is 10.8 Å². The van der Waals surface area contributed by atoms with E-state index in [1.165, 1.54) is 27.6 Å². The lowest BCUT2D eigenvalue weighted by Crippen LogP contribution is -2.39. The van der Waals surface area contributed by atoms with Gasteiger partial charge < -0.3 is 0 Å². The molecule has 0 saturated heterocycles. The van der Waals surface area contributed by atoms with Gasteiger partial charge in [-0.2, -0.15) is 0 Å². The van der Waals surface area contributed by atoms with Crippen LogP contribution in [0, 0.1) is 5.92 Å². The Hall–Kier alpha value is -2.12. The molecular weight excluding hydrogens is 290 g/mol. The van der Waals surface area contributed by atoms with Crippen LogP contribution in [-0.2, 0) is 13.0 Å². The fraction of sp³-hybridized carbons (Fsp3) is 0.304. The van der Waals surface area contributed by atoms with E-state index in [0.29, 0.717) is 5.92 Å². The standard InChI is InChI=1S/C23H28N/c1-18(2)16-19-12-14-20(15-13-19)17-24(3,4)23-11-7-9-21-8-5-6-10-22(21)23/h5-15,18H,16-17H2,1-4H3/q+1. The molecule has 0 spiro atoms. The highest BCUT2D eigenvalue weighted by Crippen LogP contribution is 2.31. The minimum absolute atomic E-state index is 0.707. The molecule has 1 heteroatoms. The molecule has 0 saturated carbocycles. The molecule has 0 bridgehead atoms. The van der Waals surface area contributed by atoms with E-state index in [-0.39, 0.29) is 0 Å². The summed E-state index contributed by atoms with van der Waals surface area (Å²) in [4.78, 5) is 0. The van der Waals surface area contributed by atoms with Gasteiger partial charge in [0.25, 0.3) is 0 Å². The van der Waals surface area contributed by atoms with Gasteiger partial charge in [-0.15, -0.1) is 0 Å². The van der Waals surface area contributed by atoms with Crippen LogP contribution in [0.4, 0.5) is 5.69 Å². The highest BCUT2D eigenvalue weighted by atomic mass is 15.3. The van der Waals surface area contributed by atoms with Gasteiger partial charge in [0.05, 0.1) is 14.1 Å². The van der Waals surface area contributed by atoms with E-state index in [0.717, 1.165) is 17.4 Å². The molecule has 3 rings (SSSR count). The molecule has 0 radical (unpaired) electrons. The number of rotatable bonds is 5. The van der Waals surface area contributed by atoms with Gasteiger partial charge in [0.1, 0.15) is 12.2 Å². The molecule has 0 aromatic heterocycles. The third-order valence-corrected chi connectivity index (χ3v) is 4.66. The number of quaternary nitrogens is 1. The van der Waals surface area contributed by atoms with Crippen molar-refractivity contribution >= 4 is 16.5 Å². The Balaban J connectivity index is 1.87. The zero-order valence-corrected chi connectivity index (χ0v) is 15.3. The van der Waals surface area contributed by atoms with Crippen LogP contribution in [0.15, 0.2) is 66.7 Å². The normalized spacial score (nSPS) is 12.0. The van der Waals surface area contributed by atoms with E-state index in [4.69, 9.17) is 0 Å². The largest absolute Gasteiger partial charge is 0.292 e. The lowest BCUT2D eigenvalue weighted by atomic mass is 10.0. The molecule has 0 aliphatic heterocycles. The van der Waals surface area contributed by atoms with Gasteiger partial charge in [-0.1, -0.05) is 68.4 Å². The summed E-state index contributed by atoms with van der Waals surface area (Å²) in [6.07, 6.45) is 1.15. The number of fused-ring (bicyclic) bond motifs is 1. The van der Waals surface area contributed by atoms with Crippen LogP contribution in [0.3, 0.4) is 0 Å². The van der Waals surface area contributed by atoms with Crippen LogP contribution in [-0.4, -0.2) is 14.1 Å². The Labute approximate surface area is 146 Å². The summed E-state index contributed by atoms with van der Waals surface area (Å²) >= 11 is 0. The second kappa shape index (κ2) is 6.78. The summed E-state index contributed by atoms with van der Waals surface area (Å²) < 4.78 is 0.852. The summed E-state index contributed by atoms with van der Waals surface area (Å²) in [5.74, 6) is 0.707. The van der Waals surface area contributed by atoms with Gasteiger partial charge in [0.2, 0.25) is 0 Å². The predicted molar refractivity (Wildman–Crippen MR) is 106 cm³/mol. The SMILES string of the molecule is CC(C)Cc1ccc(C[N+](C)(C)c2cccc3ccccc23)cc1. The molecule has 3 aromatic rings. The molecule has 0 N–H and O–H groups in total. The molecule has 0 aliphatic rings. The molecule has 0 unspecified atom stereocenters. The third-order valence-electron chi connectivity index (χ3n) is 4.66. The van der Waals surface area contributed by atoms with Crippen molar-refractivity contribution in [1.82, 2.24) is 4.48 Å². The van der Waals surface area contributed by atoms with E-state index in [1.807, 2.05) is 0 Å². The second-order valence-corrected chi connectivity index (χ2v) is 7.76. The quantitative estimate of drug-likeness (QED) is 0.521. The highest BCUT2D eigenvalue weighted by molar-refractivity contribution is 5.93. The van der Waals surface area contributed by atoms with Crippen molar-refractivity contribution in [3.8, 4) is 0 Å². The van der Waals surface area contributed by atoms with Crippen LogP contribution in [0.5, 0.6) is 0 Å². The molecule has 0 atom stereocenters. The smallest absolute Gasteiger partial charge is 0.140 e. The summed E-state index contributed by atoms with van der Waals surface area (Å²) in [7, 11) is 4.59. The van der Waals surface area contributed by atoms with Gasteiger partial charge in [-0.3, -0.25) is 4.48 Å². The first-order valence-corrected chi connectivity index (χ1v) is 8.85. The molecule has 0 aliphatic carbocycles. The summed E-state index contributed by atoms with van der Waals surface area (Å²) in [6.45, 7) is 5.54. The van der Waals surface area contributed by atoms with Gasteiger partial charge in [-0.05, 0) is 35.4 Å². The van der Waals surface area contributed by atoms with E-state index >= 15 is 0 Å². The molecular formula is C23H28N+. The van der Waals surface area contributed by atoms with Crippen LogP contribution < -0.4 is 4.48 Å². The molecule has 124 valence electrons. The Morgan fingerprint density at radius 1 is 0.750 bits per heavy atom. The van der Waals surface area contributed by atoms with E-state index in [1.54, 1.807) is 0 Å². The second-order valence-electron chi connectivity index (χ2n) is 7.76. The lowest BCUT2D eigenvalue weighted by Gasteiger charge is -2.30. The predicted octanol–water partition coefficient (Wildman–Crippen LogP) is 5.81. The summed E-state index contributed by atoms with van der Waals surface area (Å²) in [5.41, 5.74) is 4.20. The number of benzene rings is 3. The Kier molecular flexibility index (Phi) is 4.73. The maximum Gasteiger partial charge on any atom is 0.140 e. The molecule has 0 heterocycles. The number of hydrogen-bond donors (Lipinski definition) is 0. The van der Waals surface area contributed by atoms with Crippen molar-refractivity contribution < 1.29 is 0 Å². The average Bonchev–Trinajstić information content (AvgIpc) is 2.55. The van der Waals surface area contributed by atoms with Gasteiger partial charge in [0.15, 0.2) is 0 Å². The maximum atomic E-state index is 2.30. The first-order valence-electron chi connectivity index (χ1n) is 8.85. The van der Waals surface area contributed by atoms with Crippen molar-refractivity contribution in [2.45, 2.75) is 26.8 Å². The van der Waals surface area contributed by atoms with Gasteiger partial charge in [0, 0.05) is 10.9 Å². The minimum atomic E-state index is 0.707. The molecule has 0 amide bonds.